The molecule has 0 radical (unpaired) electrons. The van der Waals surface area contributed by atoms with Gasteiger partial charge < -0.3 is 5.32 Å². The van der Waals surface area contributed by atoms with Crippen LogP contribution in [-0.4, -0.2) is 15.7 Å². The average molecular weight is 421 g/mol. The molecule has 0 spiro atoms. The number of anilines is 1. The van der Waals surface area contributed by atoms with E-state index in [0.717, 1.165) is 12.0 Å². The Balaban J connectivity index is 1.42. The highest BCUT2D eigenvalue weighted by Crippen LogP contribution is 2.48. The van der Waals surface area contributed by atoms with E-state index < -0.39 is 0 Å². The molecule has 138 valence electrons. The van der Waals surface area contributed by atoms with E-state index in [1.165, 1.54) is 5.56 Å². The lowest BCUT2D eigenvalue weighted by atomic mass is 10.1. The van der Waals surface area contributed by atoms with Crippen molar-refractivity contribution in [2.24, 2.45) is 5.92 Å². The van der Waals surface area contributed by atoms with Gasteiger partial charge in [-0.15, -0.1) is 0 Å². The Hall–Kier alpha value is -2.01. The molecule has 1 aliphatic rings. The van der Waals surface area contributed by atoms with Gasteiger partial charge in [0.2, 0.25) is 5.91 Å². The Morgan fingerprint density at radius 2 is 1.89 bits per heavy atom. The van der Waals surface area contributed by atoms with Gasteiger partial charge in [0.15, 0.2) is 5.82 Å². The van der Waals surface area contributed by atoms with Crippen LogP contribution in [0.25, 0.3) is 0 Å². The standard InChI is InChI=1S/C20H16Cl3N3O/c21-14-7-6-13(17(22)8-14)10-26-11-18(23)19(25-26)24-20(27)16-9-15(16)12-4-2-1-3-5-12/h1-8,11,15-16H,9-10H2,(H,24,25,27). The summed E-state index contributed by atoms with van der Waals surface area (Å²) < 4.78 is 1.65. The minimum Gasteiger partial charge on any atom is -0.308 e. The van der Waals surface area contributed by atoms with Crippen molar-refractivity contribution in [3.63, 3.8) is 0 Å². The van der Waals surface area contributed by atoms with Gasteiger partial charge in [0, 0.05) is 22.2 Å². The van der Waals surface area contributed by atoms with Gasteiger partial charge >= 0.3 is 0 Å². The highest BCUT2D eigenvalue weighted by molar-refractivity contribution is 6.35. The van der Waals surface area contributed by atoms with E-state index in [-0.39, 0.29) is 17.7 Å². The molecule has 0 bridgehead atoms. The van der Waals surface area contributed by atoms with Gasteiger partial charge in [-0.25, -0.2) is 0 Å². The lowest BCUT2D eigenvalue weighted by Gasteiger charge is -2.05. The summed E-state index contributed by atoms with van der Waals surface area (Å²) in [5.41, 5.74) is 2.05. The lowest BCUT2D eigenvalue weighted by molar-refractivity contribution is -0.117. The minimum atomic E-state index is -0.0551. The number of nitrogens with zero attached hydrogens (tertiary/aromatic N) is 2. The van der Waals surface area contributed by atoms with Crippen molar-refractivity contribution in [1.82, 2.24) is 9.78 Å². The van der Waals surface area contributed by atoms with Crippen molar-refractivity contribution in [1.29, 1.82) is 0 Å². The topological polar surface area (TPSA) is 46.9 Å². The molecule has 1 heterocycles. The highest BCUT2D eigenvalue weighted by Gasteiger charge is 2.44. The molecule has 3 aromatic rings. The van der Waals surface area contributed by atoms with Crippen LogP contribution in [0.4, 0.5) is 5.82 Å². The summed E-state index contributed by atoms with van der Waals surface area (Å²) in [4.78, 5) is 12.5. The number of hydrogen-bond acceptors (Lipinski definition) is 2. The Morgan fingerprint density at radius 3 is 2.63 bits per heavy atom. The molecule has 0 aliphatic heterocycles. The Morgan fingerprint density at radius 1 is 1.11 bits per heavy atom. The Bertz CT molecular complexity index is 987. The third-order valence-corrected chi connectivity index (χ3v) is 5.52. The number of amides is 1. The molecule has 4 nitrogen and oxygen atoms in total. The lowest BCUT2D eigenvalue weighted by Crippen LogP contribution is -2.15. The zero-order valence-corrected chi connectivity index (χ0v) is 16.5. The normalized spacial score (nSPS) is 18.3. The van der Waals surface area contributed by atoms with E-state index in [4.69, 9.17) is 34.8 Å². The molecule has 0 saturated heterocycles. The molecule has 7 heteroatoms. The first kappa shape index (κ1) is 18.4. The van der Waals surface area contributed by atoms with Gasteiger partial charge in [0.05, 0.1) is 6.54 Å². The molecule has 27 heavy (non-hydrogen) atoms. The van der Waals surface area contributed by atoms with Gasteiger partial charge in [0.25, 0.3) is 0 Å². The third kappa shape index (κ3) is 4.13. The van der Waals surface area contributed by atoms with Gasteiger partial charge in [-0.2, -0.15) is 5.10 Å². The molecule has 1 N–H and O–H groups in total. The van der Waals surface area contributed by atoms with Crippen molar-refractivity contribution in [2.45, 2.75) is 18.9 Å². The van der Waals surface area contributed by atoms with Crippen molar-refractivity contribution in [3.8, 4) is 0 Å². The van der Waals surface area contributed by atoms with E-state index in [9.17, 15) is 4.79 Å². The van der Waals surface area contributed by atoms with Gasteiger partial charge in [-0.3, -0.25) is 9.48 Å². The van der Waals surface area contributed by atoms with Crippen molar-refractivity contribution >= 4 is 46.5 Å². The molecular weight excluding hydrogens is 405 g/mol. The van der Waals surface area contributed by atoms with Crippen LogP contribution in [0, 0.1) is 5.92 Å². The molecule has 4 rings (SSSR count). The van der Waals surface area contributed by atoms with Crippen LogP contribution < -0.4 is 5.32 Å². The molecule has 1 aliphatic carbocycles. The minimum absolute atomic E-state index is 0.0423. The summed E-state index contributed by atoms with van der Waals surface area (Å²) in [6, 6.07) is 15.3. The van der Waals surface area contributed by atoms with Crippen LogP contribution in [0.2, 0.25) is 15.1 Å². The number of benzene rings is 2. The summed E-state index contributed by atoms with van der Waals surface area (Å²) in [6.45, 7) is 0.432. The molecule has 1 fully saturated rings. The van der Waals surface area contributed by atoms with Crippen LogP contribution in [0.3, 0.4) is 0 Å². The van der Waals surface area contributed by atoms with Crippen molar-refractivity contribution < 1.29 is 4.79 Å². The number of rotatable bonds is 5. The van der Waals surface area contributed by atoms with Crippen molar-refractivity contribution in [2.75, 3.05) is 5.32 Å². The fraction of sp³-hybridized carbons (Fsp3) is 0.200. The SMILES string of the molecule is O=C(Nc1nn(Cc2ccc(Cl)cc2Cl)cc1Cl)C1CC1c1ccccc1. The molecule has 1 amide bonds. The molecule has 1 aromatic heterocycles. The fourth-order valence-electron chi connectivity index (χ4n) is 3.15. The maximum absolute atomic E-state index is 12.5. The largest absolute Gasteiger partial charge is 0.308 e. The summed E-state index contributed by atoms with van der Waals surface area (Å²) >= 11 is 18.4. The van der Waals surface area contributed by atoms with E-state index in [1.54, 1.807) is 23.0 Å². The monoisotopic (exact) mass is 419 g/mol. The number of nitrogens with one attached hydrogen (secondary N) is 1. The van der Waals surface area contributed by atoms with Crippen LogP contribution in [0.15, 0.2) is 54.7 Å². The van der Waals surface area contributed by atoms with Gasteiger partial charge in [-0.05, 0) is 35.6 Å². The molecule has 1 saturated carbocycles. The maximum atomic E-state index is 12.5. The smallest absolute Gasteiger partial charge is 0.229 e. The van der Waals surface area contributed by atoms with Crippen LogP contribution in [0.1, 0.15) is 23.5 Å². The summed E-state index contributed by atoms with van der Waals surface area (Å²) in [5.74, 6) is 0.533. The second-order valence-corrected chi connectivity index (χ2v) is 7.86. The van der Waals surface area contributed by atoms with Crippen molar-refractivity contribution in [3.05, 3.63) is 80.9 Å². The first-order valence-corrected chi connectivity index (χ1v) is 9.67. The number of aromatic nitrogens is 2. The highest BCUT2D eigenvalue weighted by atomic mass is 35.5. The summed E-state index contributed by atoms with van der Waals surface area (Å²) in [5, 5.41) is 8.75. The number of carbonyl (C=O) groups excluding carboxylic acids is 1. The Kier molecular flexibility index (Phi) is 5.13. The predicted octanol–water partition coefficient (Wildman–Crippen LogP) is 5.63. The molecule has 2 aromatic carbocycles. The van der Waals surface area contributed by atoms with E-state index in [0.29, 0.717) is 27.4 Å². The summed E-state index contributed by atoms with van der Waals surface area (Å²) in [6.07, 6.45) is 2.51. The zero-order chi connectivity index (χ0) is 19.0. The first-order valence-electron chi connectivity index (χ1n) is 8.54. The Labute approximate surface area is 172 Å². The van der Waals surface area contributed by atoms with E-state index >= 15 is 0 Å². The first-order chi connectivity index (χ1) is 13.0. The third-order valence-electron chi connectivity index (χ3n) is 4.66. The van der Waals surface area contributed by atoms with Crippen LogP contribution in [-0.2, 0) is 11.3 Å². The van der Waals surface area contributed by atoms with E-state index in [2.05, 4.69) is 22.5 Å². The zero-order valence-electron chi connectivity index (χ0n) is 14.2. The van der Waals surface area contributed by atoms with Crippen LogP contribution >= 0.6 is 34.8 Å². The second-order valence-electron chi connectivity index (χ2n) is 6.61. The van der Waals surface area contributed by atoms with Gasteiger partial charge in [0.1, 0.15) is 5.02 Å². The number of hydrogen-bond donors (Lipinski definition) is 1. The predicted molar refractivity (Wildman–Crippen MR) is 109 cm³/mol. The molecule has 2 atom stereocenters. The fourth-order valence-corrected chi connectivity index (χ4v) is 3.82. The van der Waals surface area contributed by atoms with Gasteiger partial charge in [-0.1, -0.05) is 71.2 Å². The summed E-state index contributed by atoms with van der Waals surface area (Å²) in [7, 11) is 0. The molecular formula is C20H16Cl3N3O. The number of carbonyl (C=O) groups is 1. The van der Waals surface area contributed by atoms with E-state index in [1.807, 2.05) is 24.3 Å². The van der Waals surface area contributed by atoms with Crippen LogP contribution in [0.5, 0.6) is 0 Å². The average Bonchev–Trinajstić information content (AvgIpc) is 3.38. The second kappa shape index (κ2) is 7.55. The quantitative estimate of drug-likeness (QED) is 0.581. The maximum Gasteiger partial charge on any atom is 0.229 e. The number of halogens is 3. The molecule has 2 unspecified atom stereocenters.